The van der Waals surface area contributed by atoms with Crippen molar-refractivity contribution < 1.29 is 18.5 Å². The number of halogens is 2. The molecule has 1 amide bonds. The fourth-order valence-corrected chi connectivity index (χ4v) is 3.18. The lowest BCUT2D eigenvalue weighted by Crippen LogP contribution is -2.41. The minimum atomic E-state index is -0.635. The molecule has 2 aliphatic rings. The lowest BCUT2D eigenvalue weighted by molar-refractivity contribution is 0.00578. The van der Waals surface area contributed by atoms with E-state index in [1.54, 1.807) is 11.0 Å². The SMILES string of the molecule is CN[C@@H]1CCN(C(=O)c2ccc(B3OC(C)(C)C(C)(C)O3)cc2F)C1.Cl. The summed E-state index contributed by atoms with van der Waals surface area (Å²) in [5, 5.41) is 3.16. The molecule has 0 spiro atoms. The molecule has 0 radical (unpaired) electrons. The first-order chi connectivity index (χ1) is 11.6. The van der Waals surface area contributed by atoms with Gasteiger partial charge in [-0.2, -0.15) is 0 Å². The van der Waals surface area contributed by atoms with Crippen LogP contribution in [0.2, 0.25) is 0 Å². The van der Waals surface area contributed by atoms with Crippen LogP contribution in [-0.2, 0) is 9.31 Å². The fourth-order valence-electron chi connectivity index (χ4n) is 3.18. The van der Waals surface area contributed by atoms with E-state index in [1.165, 1.54) is 12.1 Å². The molecule has 8 heteroatoms. The molecule has 3 rings (SSSR count). The van der Waals surface area contributed by atoms with Gasteiger partial charge in [0.05, 0.1) is 16.8 Å². The number of nitrogens with zero attached hydrogens (tertiary/aromatic N) is 1. The van der Waals surface area contributed by atoms with Crippen molar-refractivity contribution in [1.29, 1.82) is 0 Å². The maximum absolute atomic E-state index is 14.6. The van der Waals surface area contributed by atoms with Crippen molar-refractivity contribution in [2.75, 3.05) is 20.1 Å². The zero-order valence-corrected chi connectivity index (χ0v) is 16.8. The molecule has 2 saturated heterocycles. The molecule has 0 unspecified atom stereocenters. The van der Waals surface area contributed by atoms with Crippen molar-refractivity contribution in [3.05, 3.63) is 29.6 Å². The molecule has 1 atom stereocenters. The number of benzene rings is 1. The summed E-state index contributed by atoms with van der Waals surface area (Å²) in [7, 11) is 1.24. The van der Waals surface area contributed by atoms with Gasteiger partial charge in [0.1, 0.15) is 5.82 Å². The van der Waals surface area contributed by atoms with Crippen LogP contribution in [0, 0.1) is 5.82 Å². The number of carbonyl (C=O) groups excluding carboxylic acids is 1. The van der Waals surface area contributed by atoms with E-state index in [0.717, 1.165) is 6.42 Å². The largest absolute Gasteiger partial charge is 0.494 e. The van der Waals surface area contributed by atoms with Crippen molar-refractivity contribution in [1.82, 2.24) is 10.2 Å². The third-order valence-electron chi connectivity index (χ3n) is 5.63. The van der Waals surface area contributed by atoms with Gasteiger partial charge in [-0.3, -0.25) is 4.79 Å². The molecule has 1 aromatic rings. The average Bonchev–Trinajstić information content (AvgIpc) is 3.09. The zero-order valence-electron chi connectivity index (χ0n) is 16.0. The van der Waals surface area contributed by atoms with Gasteiger partial charge in [-0.1, -0.05) is 6.07 Å². The number of nitrogens with one attached hydrogen (secondary N) is 1. The molecule has 2 fully saturated rings. The van der Waals surface area contributed by atoms with Crippen LogP contribution in [0.3, 0.4) is 0 Å². The summed E-state index contributed by atoms with van der Waals surface area (Å²) in [5.41, 5.74) is -0.292. The highest BCUT2D eigenvalue weighted by atomic mass is 35.5. The number of carbonyl (C=O) groups is 1. The van der Waals surface area contributed by atoms with E-state index in [9.17, 15) is 9.18 Å². The third kappa shape index (κ3) is 3.76. The summed E-state index contributed by atoms with van der Waals surface area (Å²) < 4.78 is 26.5. The van der Waals surface area contributed by atoms with Crippen LogP contribution in [0.4, 0.5) is 4.39 Å². The number of hydrogen-bond donors (Lipinski definition) is 1. The summed E-state index contributed by atoms with van der Waals surface area (Å²) in [6, 6.07) is 4.87. The van der Waals surface area contributed by atoms with E-state index < -0.39 is 24.1 Å². The third-order valence-corrected chi connectivity index (χ3v) is 5.63. The lowest BCUT2D eigenvalue weighted by Gasteiger charge is -2.32. The van der Waals surface area contributed by atoms with Gasteiger partial charge in [0.2, 0.25) is 0 Å². The molecule has 2 aliphatic heterocycles. The summed E-state index contributed by atoms with van der Waals surface area (Å²) in [6.45, 7) is 9.05. The van der Waals surface area contributed by atoms with Crippen LogP contribution in [0.15, 0.2) is 18.2 Å². The van der Waals surface area contributed by atoms with Gasteiger partial charge < -0.3 is 19.5 Å². The van der Waals surface area contributed by atoms with Gasteiger partial charge in [0, 0.05) is 19.1 Å². The number of amides is 1. The van der Waals surface area contributed by atoms with E-state index in [0.29, 0.717) is 18.6 Å². The predicted octanol–water partition coefficient (Wildman–Crippen LogP) is 1.98. The summed E-state index contributed by atoms with van der Waals surface area (Å²) in [6.07, 6.45) is 0.885. The zero-order chi connectivity index (χ0) is 18.4. The highest BCUT2D eigenvalue weighted by Crippen LogP contribution is 2.36. The van der Waals surface area contributed by atoms with Gasteiger partial charge in [-0.25, -0.2) is 4.39 Å². The molecule has 0 saturated carbocycles. The molecule has 0 aromatic heterocycles. The molecule has 1 N–H and O–H groups in total. The Morgan fingerprint density at radius 1 is 1.27 bits per heavy atom. The van der Waals surface area contributed by atoms with Crippen molar-refractivity contribution in [3.63, 3.8) is 0 Å². The second kappa shape index (κ2) is 7.47. The van der Waals surface area contributed by atoms with Gasteiger partial charge >= 0.3 is 7.12 Å². The molecule has 144 valence electrons. The first kappa shape index (κ1) is 21.2. The quantitative estimate of drug-likeness (QED) is 0.810. The molecule has 2 heterocycles. The van der Waals surface area contributed by atoms with Gasteiger partial charge in [0.15, 0.2) is 0 Å². The average molecular weight is 385 g/mol. The lowest BCUT2D eigenvalue weighted by atomic mass is 9.78. The second-order valence-corrected chi connectivity index (χ2v) is 7.85. The maximum atomic E-state index is 14.6. The van der Waals surface area contributed by atoms with E-state index in [1.807, 2.05) is 34.7 Å². The molecular weight excluding hydrogens is 357 g/mol. The number of hydrogen-bond acceptors (Lipinski definition) is 4. The molecule has 0 aliphatic carbocycles. The molecule has 5 nitrogen and oxygen atoms in total. The van der Waals surface area contributed by atoms with Gasteiger partial charge in [-0.05, 0) is 58.8 Å². The topological polar surface area (TPSA) is 50.8 Å². The van der Waals surface area contributed by atoms with Crippen LogP contribution in [-0.4, -0.2) is 55.3 Å². The van der Waals surface area contributed by atoms with E-state index >= 15 is 0 Å². The van der Waals surface area contributed by atoms with Crippen molar-refractivity contribution in [2.45, 2.75) is 51.4 Å². The Hall–Kier alpha value is -1.15. The Morgan fingerprint density at radius 2 is 1.88 bits per heavy atom. The Balaban J connectivity index is 0.00000243. The summed E-state index contributed by atoms with van der Waals surface area (Å²) >= 11 is 0. The highest BCUT2D eigenvalue weighted by Gasteiger charge is 2.51. The molecule has 1 aromatic carbocycles. The van der Waals surface area contributed by atoms with E-state index in [4.69, 9.17) is 9.31 Å². The number of rotatable bonds is 3. The first-order valence-electron chi connectivity index (χ1n) is 8.76. The minimum absolute atomic E-state index is 0. The van der Waals surface area contributed by atoms with Crippen molar-refractivity contribution >= 4 is 30.9 Å². The predicted molar refractivity (Wildman–Crippen MR) is 103 cm³/mol. The highest BCUT2D eigenvalue weighted by molar-refractivity contribution is 6.62. The van der Waals surface area contributed by atoms with Crippen molar-refractivity contribution in [2.24, 2.45) is 0 Å². The van der Waals surface area contributed by atoms with Crippen LogP contribution in [0.1, 0.15) is 44.5 Å². The van der Waals surface area contributed by atoms with Crippen LogP contribution in [0.5, 0.6) is 0 Å². The normalized spacial score (nSPS) is 23.8. The number of likely N-dealkylation sites (N-methyl/N-ethyl adjacent to an activating group) is 1. The van der Waals surface area contributed by atoms with Gasteiger partial charge in [-0.15, -0.1) is 12.4 Å². The molecule has 0 bridgehead atoms. The fraction of sp³-hybridized carbons (Fsp3) is 0.611. The standard InChI is InChI=1S/C18H26BFN2O3.ClH/c1-17(2)18(3,4)25-19(24-17)12-6-7-14(15(20)10-12)16(23)22-9-8-13(11-22)21-5;/h6-7,10,13,21H,8-9,11H2,1-5H3;1H/t13-;/m1./s1. The first-order valence-corrected chi connectivity index (χ1v) is 8.76. The molecule has 26 heavy (non-hydrogen) atoms. The van der Waals surface area contributed by atoms with E-state index in [2.05, 4.69) is 5.32 Å². The maximum Gasteiger partial charge on any atom is 0.494 e. The second-order valence-electron chi connectivity index (χ2n) is 7.85. The Morgan fingerprint density at radius 3 is 2.38 bits per heavy atom. The molecular formula is C18H27BClFN2O3. The summed E-state index contributed by atoms with van der Waals surface area (Å²) in [4.78, 5) is 14.3. The Bertz CT molecular complexity index is 670. The van der Waals surface area contributed by atoms with Crippen LogP contribution in [0.25, 0.3) is 0 Å². The van der Waals surface area contributed by atoms with Crippen molar-refractivity contribution in [3.8, 4) is 0 Å². The van der Waals surface area contributed by atoms with Crippen LogP contribution < -0.4 is 10.8 Å². The smallest absolute Gasteiger partial charge is 0.399 e. The van der Waals surface area contributed by atoms with E-state index in [-0.39, 0.29) is 29.9 Å². The van der Waals surface area contributed by atoms with Crippen LogP contribution >= 0.6 is 12.4 Å². The van der Waals surface area contributed by atoms with Gasteiger partial charge in [0.25, 0.3) is 5.91 Å². The minimum Gasteiger partial charge on any atom is -0.399 e. The monoisotopic (exact) mass is 384 g/mol. The Labute approximate surface area is 161 Å². The summed E-state index contributed by atoms with van der Waals surface area (Å²) in [5.74, 6) is -0.805. The Kier molecular flexibility index (Phi) is 6.08. The number of likely N-dealkylation sites (tertiary alicyclic amines) is 1.